The lowest BCUT2D eigenvalue weighted by atomic mass is 10.2. The zero-order valence-electron chi connectivity index (χ0n) is 15.7. The number of halogens is 2. The summed E-state index contributed by atoms with van der Waals surface area (Å²) in [7, 11) is -3.03. The molecule has 3 aromatic rings. The summed E-state index contributed by atoms with van der Waals surface area (Å²) < 4.78 is 38.3. The van der Waals surface area contributed by atoms with E-state index in [2.05, 4.69) is 15.5 Å². The predicted octanol–water partition coefficient (Wildman–Crippen LogP) is 4.26. The third-order valence-electron chi connectivity index (χ3n) is 3.82. The lowest BCUT2D eigenvalue weighted by Gasteiger charge is -2.11. The van der Waals surface area contributed by atoms with Crippen LogP contribution in [0.5, 0.6) is 11.6 Å². The van der Waals surface area contributed by atoms with Crippen LogP contribution in [0, 0.1) is 20.7 Å². The fraction of sp³-hybridized carbons (Fsp3) is 0.0556. The number of hydrogen-bond donors (Lipinski definition) is 2. The summed E-state index contributed by atoms with van der Waals surface area (Å²) >= 11 is 5.92. The number of nitrogens with zero attached hydrogens (tertiary/aromatic N) is 3. The van der Waals surface area contributed by atoms with Crippen LogP contribution in [-0.2, 0) is 9.73 Å². The molecule has 0 aliphatic heterocycles. The van der Waals surface area contributed by atoms with Crippen LogP contribution < -0.4 is 10.1 Å². The van der Waals surface area contributed by atoms with Gasteiger partial charge in [-0.15, -0.1) is 0 Å². The molecule has 0 saturated heterocycles. The summed E-state index contributed by atoms with van der Waals surface area (Å²) in [5.41, 5.74) is -0.162. The van der Waals surface area contributed by atoms with Crippen molar-refractivity contribution < 1.29 is 23.1 Å². The van der Waals surface area contributed by atoms with Crippen LogP contribution in [0.15, 0.2) is 53.4 Å². The molecule has 160 valence electrons. The third kappa shape index (κ3) is 5.29. The molecule has 1 heterocycles. The smallest absolute Gasteiger partial charge is 0.391 e. The number of ether oxygens (including phenoxy) is 1. The van der Waals surface area contributed by atoms with Gasteiger partial charge in [-0.2, -0.15) is 0 Å². The number of aromatic nitrogens is 2. The van der Waals surface area contributed by atoms with Gasteiger partial charge >= 0.3 is 5.82 Å². The fourth-order valence-corrected chi connectivity index (χ4v) is 3.27. The first-order chi connectivity index (χ1) is 14.5. The Labute approximate surface area is 180 Å². The molecule has 0 aliphatic carbocycles. The van der Waals surface area contributed by atoms with Gasteiger partial charge in [0, 0.05) is 21.9 Å². The molecule has 1 atom stereocenters. The highest BCUT2D eigenvalue weighted by Crippen LogP contribution is 2.31. The summed E-state index contributed by atoms with van der Waals surface area (Å²) in [5.74, 6) is -2.64. The van der Waals surface area contributed by atoms with Crippen molar-refractivity contribution in [2.45, 2.75) is 4.90 Å². The number of hydrogen-bond acceptors (Lipinski definition) is 8. The summed E-state index contributed by atoms with van der Waals surface area (Å²) in [6.45, 7) is 0. The first-order valence-electron chi connectivity index (χ1n) is 8.35. The van der Waals surface area contributed by atoms with E-state index in [0.717, 1.165) is 18.2 Å². The monoisotopic (exact) mass is 465 g/mol. The molecule has 31 heavy (non-hydrogen) atoms. The van der Waals surface area contributed by atoms with Gasteiger partial charge in [-0.05, 0) is 41.3 Å². The maximum atomic E-state index is 13.3. The SMILES string of the molecule is CS(=N)(=O)c1cccc(NC(=O)c2cc([N+](=O)[O-])nnc2Oc2ccc(F)cc2Cl)c1. The van der Waals surface area contributed by atoms with E-state index in [9.17, 15) is 23.5 Å². The molecule has 1 amide bonds. The molecule has 1 aromatic heterocycles. The average Bonchev–Trinajstić information content (AvgIpc) is 2.69. The number of amides is 1. The van der Waals surface area contributed by atoms with Crippen LogP contribution in [0.4, 0.5) is 15.9 Å². The minimum atomic E-state index is -3.03. The van der Waals surface area contributed by atoms with Crippen molar-refractivity contribution in [3.05, 3.63) is 75.0 Å². The summed E-state index contributed by atoms with van der Waals surface area (Å²) in [6, 6.07) is 9.87. The van der Waals surface area contributed by atoms with Gasteiger partial charge in [0.25, 0.3) is 11.8 Å². The largest absolute Gasteiger partial charge is 0.434 e. The molecule has 3 rings (SSSR count). The maximum Gasteiger partial charge on any atom is 0.391 e. The van der Waals surface area contributed by atoms with Crippen molar-refractivity contribution in [1.29, 1.82) is 4.78 Å². The van der Waals surface area contributed by atoms with Crippen molar-refractivity contribution in [2.24, 2.45) is 0 Å². The number of carbonyl (C=O) groups excluding carboxylic acids is 1. The number of anilines is 1. The molecule has 0 aliphatic rings. The van der Waals surface area contributed by atoms with E-state index in [4.69, 9.17) is 21.1 Å². The minimum Gasteiger partial charge on any atom is -0.434 e. The van der Waals surface area contributed by atoms with Gasteiger partial charge in [0.05, 0.1) is 25.9 Å². The zero-order chi connectivity index (χ0) is 22.8. The van der Waals surface area contributed by atoms with Crippen LogP contribution in [0.2, 0.25) is 5.02 Å². The number of nitro groups is 1. The maximum absolute atomic E-state index is 13.3. The predicted molar refractivity (Wildman–Crippen MR) is 110 cm³/mol. The van der Waals surface area contributed by atoms with Crippen LogP contribution in [-0.4, -0.2) is 31.5 Å². The Balaban J connectivity index is 1.99. The first kappa shape index (κ1) is 22.1. The lowest BCUT2D eigenvalue weighted by molar-refractivity contribution is -0.390. The van der Waals surface area contributed by atoms with Gasteiger partial charge in [-0.1, -0.05) is 17.7 Å². The topological polar surface area (TPSA) is 148 Å². The standard InChI is InChI=1S/C18H13ClFN5O5S/c1-31(21,29)12-4-2-3-11(8-12)22-17(26)13-9-16(25(27)28)23-24-18(13)30-15-6-5-10(20)7-14(15)19/h2-9,21H,1H3,(H,22,26). The number of benzene rings is 2. The highest BCUT2D eigenvalue weighted by molar-refractivity contribution is 7.91. The van der Waals surface area contributed by atoms with Crippen molar-refractivity contribution in [2.75, 3.05) is 11.6 Å². The van der Waals surface area contributed by atoms with Gasteiger partial charge in [-0.25, -0.2) is 13.4 Å². The Bertz CT molecular complexity index is 1300. The summed E-state index contributed by atoms with van der Waals surface area (Å²) in [6.07, 6.45) is 1.22. The summed E-state index contributed by atoms with van der Waals surface area (Å²) in [4.78, 5) is 23.2. The fourth-order valence-electron chi connectivity index (χ4n) is 2.37. The second-order valence-electron chi connectivity index (χ2n) is 6.18. The van der Waals surface area contributed by atoms with E-state index in [0.29, 0.717) is 0 Å². The Hall–Kier alpha value is -3.64. The third-order valence-corrected chi connectivity index (χ3v) is 5.27. The van der Waals surface area contributed by atoms with E-state index in [-0.39, 0.29) is 26.9 Å². The molecule has 10 nitrogen and oxygen atoms in total. The van der Waals surface area contributed by atoms with Gasteiger partial charge < -0.3 is 20.2 Å². The molecule has 13 heteroatoms. The Morgan fingerprint density at radius 2 is 2.00 bits per heavy atom. The van der Waals surface area contributed by atoms with Crippen LogP contribution in [0.25, 0.3) is 0 Å². The Morgan fingerprint density at radius 1 is 1.26 bits per heavy atom. The highest BCUT2D eigenvalue weighted by atomic mass is 35.5. The molecule has 2 N–H and O–H groups in total. The van der Waals surface area contributed by atoms with E-state index in [1.807, 2.05) is 0 Å². The Kier molecular flexibility index (Phi) is 6.13. The van der Waals surface area contributed by atoms with Crippen LogP contribution in [0.3, 0.4) is 0 Å². The quantitative estimate of drug-likeness (QED) is 0.408. The summed E-state index contributed by atoms with van der Waals surface area (Å²) in [5, 5.41) is 20.4. The van der Waals surface area contributed by atoms with Crippen LogP contribution >= 0.6 is 11.6 Å². The van der Waals surface area contributed by atoms with Gasteiger partial charge in [0.2, 0.25) is 0 Å². The van der Waals surface area contributed by atoms with Crippen molar-refractivity contribution in [3.8, 4) is 11.6 Å². The van der Waals surface area contributed by atoms with Gasteiger partial charge in [-0.3, -0.25) is 4.79 Å². The second-order valence-corrected chi connectivity index (χ2v) is 8.75. The molecule has 0 saturated carbocycles. The van der Waals surface area contributed by atoms with Crippen molar-refractivity contribution in [3.63, 3.8) is 0 Å². The first-order valence-corrected chi connectivity index (χ1v) is 10.7. The number of nitrogens with one attached hydrogen (secondary N) is 2. The highest BCUT2D eigenvalue weighted by Gasteiger charge is 2.23. The van der Waals surface area contributed by atoms with Crippen molar-refractivity contribution in [1.82, 2.24) is 10.2 Å². The van der Waals surface area contributed by atoms with E-state index < -0.39 is 38.1 Å². The van der Waals surface area contributed by atoms with E-state index in [1.165, 1.54) is 36.6 Å². The molecular weight excluding hydrogens is 453 g/mol. The van der Waals surface area contributed by atoms with E-state index in [1.54, 1.807) is 0 Å². The minimum absolute atomic E-state index is 0.0535. The van der Waals surface area contributed by atoms with Gasteiger partial charge in [0.15, 0.2) is 0 Å². The van der Waals surface area contributed by atoms with E-state index >= 15 is 0 Å². The number of rotatable bonds is 6. The molecule has 2 aromatic carbocycles. The van der Waals surface area contributed by atoms with Gasteiger partial charge in [0.1, 0.15) is 17.1 Å². The number of carbonyl (C=O) groups is 1. The zero-order valence-corrected chi connectivity index (χ0v) is 17.2. The molecule has 0 bridgehead atoms. The lowest BCUT2D eigenvalue weighted by Crippen LogP contribution is -2.15. The molecule has 0 spiro atoms. The molecular formula is C18H13ClFN5O5S. The average molecular weight is 466 g/mol. The Morgan fingerprint density at radius 3 is 2.65 bits per heavy atom. The molecule has 0 radical (unpaired) electrons. The molecule has 0 fully saturated rings. The van der Waals surface area contributed by atoms with Crippen LogP contribution in [0.1, 0.15) is 10.4 Å². The molecule has 1 unspecified atom stereocenters. The van der Waals surface area contributed by atoms with Crippen molar-refractivity contribution >= 4 is 38.7 Å². The second kappa shape index (κ2) is 8.62. The normalized spacial score (nSPS) is 12.6.